The van der Waals surface area contributed by atoms with Gasteiger partial charge in [0.15, 0.2) is 11.2 Å². The summed E-state index contributed by atoms with van der Waals surface area (Å²) in [6.07, 6.45) is -0.0174. The van der Waals surface area contributed by atoms with Crippen LogP contribution < -0.4 is 5.32 Å². The van der Waals surface area contributed by atoms with Crippen LogP contribution in [0.4, 0.5) is 18.9 Å². The summed E-state index contributed by atoms with van der Waals surface area (Å²) in [6.45, 7) is 0.436. The normalized spacial score (nSPS) is 16.8. The highest BCUT2D eigenvalue weighted by Crippen LogP contribution is 2.35. The van der Waals surface area contributed by atoms with Crippen LogP contribution in [0, 0.1) is 0 Å². The number of aromatic nitrogens is 5. The topological polar surface area (TPSA) is 94.7 Å². The van der Waals surface area contributed by atoms with Gasteiger partial charge in [0, 0.05) is 30.7 Å². The van der Waals surface area contributed by atoms with Gasteiger partial charge in [-0.05, 0) is 18.2 Å². The quantitative estimate of drug-likeness (QED) is 0.516. The molecule has 1 aliphatic heterocycles. The first-order valence-electron chi connectivity index (χ1n) is 9.27. The Labute approximate surface area is 174 Å². The van der Waals surface area contributed by atoms with Gasteiger partial charge in [0.05, 0.1) is 34.1 Å². The van der Waals surface area contributed by atoms with Gasteiger partial charge >= 0.3 is 6.18 Å². The monoisotopic (exact) mass is 448 g/mol. The number of nitrogens with zero attached hydrogens (tertiary/aromatic N) is 5. The number of alkyl halides is 3. The molecule has 0 amide bonds. The zero-order valence-corrected chi connectivity index (χ0v) is 16.6. The van der Waals surface area contributed by atoms with Crippen LogP contribution in [-0.2, 0) is 16.0 Å². The van der Waals surface area contributed by atoms with Crippen molar-refractivity contribution >= 4 is 26.4 Å². The Morgan fingerprint density at radius 1 is 1.06 bits per heavy atom. The number of benzene rings is 1. The number of para-hydroxylation sites is 1. The molecule has 12 heteroatoms. The molecule has 3 aromatic heterocycles. The van der Waals surface area contributed by atoms with Gasteiger partial charge in [-0.25, -0.2) is 22.8 Å². The van der Waals surface area contributed by atoms with Crippen LogP contribution in [0.1, 0.15) is 17.4 Å². The third kappa shape index (κ3) is 3.23. The van der Waals surface area contributed by atoms with Crippen molar-refractivity contribution in [3.8, 4) is 5.82 Å². The van der Waals surface area contributed by atoms with E-state index in [1.54, 1.807) is 6.20 Å². The fourth-order valence-corrected chi connectivity index (χ4v) is 5.25. The number of sulfone groups is 1. The maximum absolute atomic E-state index is 13.4. The molecule has 1 atom stereocenters. The summed E-state index contributed by atoms with van der Waals surface area (Å²) in [4.78, 5) is 3.97. The van der Waals surface area contributed by atoms with E-state index >= 15 is 0 Å². The van der Waals surface area contributed by atoms with E-state index in [1.807, 2.05) is 18.2 Å². The molecule has 0 saturated carbocycles. The lowest BCUT2D eigenvalue weighted by atomic mass is 10.2. The molecule has 8 nitrogen and oxygen atoms in total. The van der Waals surface area contributed by atoms with Crippen LogP contribution in [0.5, 0.6) is 0 Å². The second kappa shape index (κ2) is 6.80. The predicted molar refractivity (Wildman–Crippen MR) is 105 cm³/mol. The Kier molecular flexibility index (Phi) is 4.29. The molecular weight excluding hydrogens is 433 g/mol. The first kappa shape index (κ1) is 19.5. The summed E-state index contributed by atoms with van der Waals surface area (Å²) in [7, 11) is -3.87. The van der Waals surface area contributed by atoms with Crippen LogP contribution in [0.2, 0.25) is 0 Å². The van der Waals surface area contributed by atoms with E-state index in [0.29, 0.717) is 18.3 Å². The Morgan fingerprint density at radius 2 is 1.90 bits per heavy atom. The van der Waals surface area contributed by atoms with E-state index in [1.165, 1.54) is 16.8 Å². The van der Waals surface area contributed by atoms with E-state index in [0.717, 1.165) is 28.1 Å². The third-order valence-corrected chi connectivity index (χ3v) is 7.20. The van der Waals surface area contributed by atoms with Gasteiger partial charge in [0.1, 0.15) is 0 Å². The van der Waals surface area contributed by atoms with E-state index in [4.69, 9.17) is 0 Å². The molecule has 0 fully saturated rings. The smallest absolute Gasteiger partial charge is 0.383 e. The van der Waals surface area contributed by atoms with Gasteiger partial charge in [-0.2, -0.15) is 23.4 Å². The van der Waals surface area contributed by atoms with Crippen molar-refractivity contribution < 1.29 is 21.6 Å². The molecule has 0 bridgehead atoms. The highest BCUT2D eigenvalue weighted by atomic mass is 32.2. The first-order chi connectivity index (χ1) is 14.7. The zero-order chi connectivity index (χ0) is 21.8. The number of rotatable bonds is 3. The number of halogens is 3. The summed E-state index contributed by atoms with van der Waals surface area (Å²) in [5.74, 6) is 0.0730. The molecule has 31 heavy (non-hydrogen) atoms. The number of nitrogens with one attached hydrogen (secondary N) is 1. The minimum atomic E-state index is -4.53. The minimum absolute atomic E-state index is 0.0486. The first-order valence-corrected chi connectivity index (χ1v) is 10.8. The van der Waals surface area contributed by atoms with Gasteiger partial charge < -0.3 is 5.32 Å². The number of hydrogen-bond acceptors (Lipinski definition) is 6. The average Bonchev–Trinajstić information content (AvgIpc) is 3.35. The van der Waals surface area contributed by atoms with Crippen molar-refractivity contribution in [3.63, 3.8) is 0 Å². The fourth-order valence-electron chi connectivity index (χ4n) is 3.63. The molecule has 0 spiro atoms. The Hall–Kier alpha value is -3.41. The summed E-state index contributed by atoms with van der Waals surface area (Å²) in [5, 5.41) is 11.1. The van der Waals surface area contributed by atoms with Crippen molar-refractivity contribution in [1.82, 2.24) is 24.5 Å². The van der Waals surface area contributed by atoms with E-state index in [2.05, 4.69) is 20.5 Å². The van der Waals surface area contributed by atoms with Gasteiger partial charge in [0.2, 0.25) is 9.84 Å². The lowest BCUT2D eigenvalue weighted by Crippen LogP contribution is -2.22. The maximum atomic E-state index is 13.4. The number of anilines is 1. The molecule has 4 aromatic rings. The highest BCUT2D eigenvalue weighted by Gasteiger charge is 2.34. The Bertz CT molecular complexity index is 1380. The summed E-state index contributed by atoms with van der Waals surface area (Å²) >= 11 is 0. The van der Waals surface area contributed by atoms with Crippen molar-refractivity contribution in [2.24, 2.45) is 0 Å². The lowest BCUT2D eigenvalue weighted by Gasteiger charge is -2.17. The molecular formula is C19H15F3N6O2S. The Balaban J connectivity index is 1.50. The van der Waals surface area contributed by atoms with E-state index in [9.17, 15) is 21.6 Å². The average molecular weight is 448 g/mol. The molecule has 1 N–H and O–H groups in total. The number of hydrogen-bond donors (Lipinski definition) is 1. The molecule has 160 valence electrons. The molecule has 1 aliphatic rings. The predicted octanol–water partition coefficient (Wildman–Crippen LogP) is 3.42. The standard InChI is InChI=1S/C19H15F3N6O2S/c20-19(21,22)13-9-25-27(11-13)16-5-4-14(10-24-16)31(29,30)17-6-7-23-15-3-1-2-12-8-26-28(17)18(12)15/h1-5,8-11,17,23H,6-7H2. The molecule has 0 aliphatic carbocycles. The molecule has 0 radical (unpaired) electrons. The second-order valence-corrected chi connectivity index (χ2v) is 9.18. The van der Waals surface area contributed by atoms with Crippen LogP contribution in [0.25, 0.3) is 16.7 Å². The zero-order valence-electron chi connectivity index (χ0n) is 15.8. The molecule has 1 unspecified atom stereocenters. The largest absolute Gasteiger partial charge is 0.419 e. The summed E-state index contributed by atoms with van der Waals surface area (Å²) in [6, 6.07) is 8.23. The van der Waals surface area contributed by atoms with Gasteiger partial charge in [-0.1, -0.05) is 12.1 Å². The van der Waals surface area contributed by atoms with Crippen molar-refractivity contribution in [2.75, 3.05) is 11.9 Å². The molecule has 4 heterocycles. The van der Waals surface area contributed by atoms with Crippen molar-refractivity contribution in [3.05, 3.63) is 60.7 Å². The van der Waals surface area contributed by atoms with Gasteiger partial charge in [-0.3, -0.25) is 0 Å². The summed E-state index contributed by atoms with van der Waals surface area (Å²) < 4.78 is 67.5. The van der Waals surface area contributed by atoms with E-state index in [-0.39, 0.29) is 17.1 Å². The van der Waals surface area contributed by atoms with Gasteiger partial charge in [-0.15, -0.1) is 0 Å². The number of pyridine rings is 1. The maximum Gasteiger partial charge on any atom is 0.419 e. The van der Waals surface area contributed by atoms with E-state index < -0.39 is 27.0 Å². The molecule has 5 rings (SSSR count). The second-order valence-electron chi connectivity index (χ2n) is 7.07. The third-order valence-electron chi connectivity index (χ3n) is 5.15. The SMILES string of the molecule is O=S(=O)(c1ccc(-n2cc(C(F)(F)F)cn2)nc1)C1CCNc2cccc3cnn1c23. The lowest BCUT2D eigenvalue weighted by molar-refractivity contribution is -0.137. The van der Waals surface area contributed by atoms with Gasteiger partial charge in [0.25, 0.3) is 0 Å². The molecule has 1 aromatic carbocycles. The highest BCUT2D eigenvalue weighted by molar-refractivity contribution is 7.91. The summed E-state index contributed by atoms with van der Waals surface area (Å²) in [5.41, 5.74) is 0.591. The van der Waals surface area contributed by atoms with Crippen LogP contribution >= 0.6 is 0 Å². The Morgan fingerprint density at radius 3 is 2.61 bits per heavy atom. The van der Waals surface area contributed by atoms with Crippen LogP contribution in [-0.4, -0.2) is 39.5 Å². The fraction of sp³-hybridized carbons (Fsp3) is 0.211. The van der Waals surface area contributed by atoms with Crippen LogP contribution in [0.3, 0.4) is 0 Å². The van der Waals surface area contributed by atoms with Crippen molar-refractivity contribution in [2.45, 2.75) is 22.9 Å². The van der Waals surface area contributed by atoms with Crippen LogP contribution in [0.15, 0.2) is 60.0 Å². The molecule has 0 saturated heterocycles. The van der Waals surface area contributed by atoms with Crippen molar-refractivity contribution in [1.29, 1.82) is 0 Å². The minimum Gasteiger partial charge on any atom is -0.383 e.